The van der Waals surface area contributed by atoms with E-state index in [4.69, 9.17) is 4.74 Å². The number of carbonyl (C=O) groups is 1. The molecule has 0 saturated carbocycles. The molecule has 122 valence electrons. The van der Waals surface area contributed by atoms with Crippen LogP contribution in [0.2, 0.25) is 0 Å². The molecule has 0 bridgehead atoms. The molecule has 3 nitrogen and oxygen atoms in total. The summed E-state index contributed by atoms with van der Waals surface area (Å²) in [5, 5.41) is 1.08. The highest BCUT2D eigenvalue weighted by molar-refractivity contribution is 9.10. The Morgan fingerprint density at radius 2 is 1.92 bits per heavy atom. The molecule has 24 heavy (non-hydrogen) atoms. The van der Waals surface area contributed by atoms with Crippen LogP contribution in [0.1, 0.15) is 11.6 Å². The molecule has 1 aromatic heterocycles. The summed E-state index contributed by atoms with van der Waals surface area (Å²) in [6.45, 7) is 4.00. The van der Waals surface area contributed by atoms with Gasteiger partial charge in [-0.1, -0.05) is 56.6 Å². The molecule has 0 aliphatic carbocycles. The molecule has 0 fully saturated rings. The third-order valence-electron chi connectivity index (χ3n) is 3.94. The first-order valence-corrected chi connectivity index (χ1v) is 8.89. The third-order valence-corrected chi connectivity index (χ3v) is 5.15. The first kappa shape index (κ1) is 17.0. The highest BCUT2D eigenvalue weighted by Gasteiger charge is 2.26. The van der Waals surface area contributed by atoms with Gasteiger partial charge < -0.3 is 9.30 Å². The van der Waals surface area contributed by atoms with E-state index in [-0.39, 0.29) is 6.04 Å². The predicted octanol–water partition coefficient (Wildman–Crippen LogP) is 5.48. The summed E-state index contributed by atoms with van der Waals surface area (Å²) in [5.41, 5.74) is 2.35. The van der Waals surface area contributed by atoms with Crippen molar-refractivity contribution in [1.29, 1.82) is 0 Å². The van der Waals surface area contributed by atoms with Crippen LogP contribution in [-0.2, 0) is 9.53 Å². The minimum atomic E-state index is -0.422. The summed E-state index contributed by atoms with van der Waals surface area (Å²) < 4.78 is 8.88. The topological polar surface area (TPSA) is 31.2 Å². The van der Waals surface area contributed by atoms with Gasteiger partial charge in [0.15, 0.2) is 0 Å². The minimum absolute atomic E-state index is 0.355. The number of ether oxygens (including phenoxy) is 1. The van der Waals surface area contributed by atoms with Crippen molar-refractivity contribution in [2.75, 3.05) is 7.11 Å². The number of halogens is 2. The number of benzene rings is 2. The van der Waals surface area contributed by atoms with Crippen LogP contribution in [-0.4, -0.2) is 17.6 Å². The van der Waals surface area contributed by atoms with Crippen LogP contribution in [0, 0.1) is 0 Å². The van der Waals surface area contributed by atoms with Crippen molar-refractivity contribution in [3.8, 4) is 0 Å². The Morgan fingerprint density at radius 1 is 1.17 bits per heavy atom. The fourth-order valence-corrected chi connectivity index (χ4v) is 3.69. The van der Waals surface area contributed by atoms with Gasteiger partial charge in [-0.25, -0.2) is 4.79 Å². The number of aromatic nitrogens is 1. The van der Waals surface area contributed by atoms with E-state index in [9.17, 15) is 4.79 Å². The van der Waals surface area contributed by atoms with Crippen molar-refractivity contribution in [2.24, 2.45) is 0 Å². The number of hydrogen-bond acceptors (Lipinski definition) is 2. The standard InChI is InChI=1S/C19H15Br2NO2/c1-12(19(23)24-2)18(15-5-3-4-6-16(15)21)22-10-9-13-11-14(20)7-8-17(13)22/h3-11,18H,1H2,2H3. The van der Waals surface area contributed by atoms with Crippen molar-refractivity contribution in [2.45, 2.75) is 6.04 Å². The van der Waals surface area contributed by atoms with Crippen molar-refractivity contribution in [3.05, 3.63) is 81.4 Å². The summed E-state index contributed by atoms with van der Waals surface area (Å²) in [4.78, 5) is 12.2. The molecule has 0 aliphatic heterocycles. The Hall–Kier alpha value is -1.85. The minimum Gasteiger partial charge on any atom is -0.466 e. The van der Waals surface area contributed by atoms with E-state index in [2.05, 4.69) is 38.4 Å². The Kier molecular flexibility index (Phi) is 4.92. The van der Waals surface area contributed by atoms with E-state index in [1.807, 2.05) is 59.3 Å². The largest absolute Gasteiger partial charge is 0.466 e. The van der Waals surface area contributed by atoms with Crippen LogP contribution in [0.15, 0.2) is 75.8 Å². The maximum Gasteiger partial charge on any atom is 0.335 e. The maximum absolute atomic E-state index is 12.2. The van der Waals surface area contributed by atoms with E-state index >= 15 is 0 Å². The van der Waals surface area contributed by atoms with Crippen molar-refractivity contribution in [1.82, 2.24) is 4.57 Å². The molecule has 1 heterocycles. The number of rotatable bonds is 4. The van der Waals surface area contributed by atoms with E-state index in [1.165, 1.54) is 7.11 Å². The number of fused-ring (bicyclic) bond motifs is 1. The molecule has 0 N–H and O–H groups in total. The van der Waals surface area contributed by atoms with Gasteiger partial charge in [-0.3, -0.25) is 0 Å². The zero-order valence-electron chi connectivity index (χ0n) is 13.0. The lowest BCUT2D eigenvalue weighted by Gasteiger charge is -2.23. The van der Waals surface area contributed by atoms with Crippen LogP contribution in [0.4, 0.5) is 0 Å². The molecule has 3 rings (SSSR count). The third kappa shape index (κ3) is 3.06. The summed E-state index contributed by atoms with van der Waals surface area (Å²) in [6.07, 6.45) is 1.97. The fraction of sp³-hybridized carbons (Fsp3) is 0.105. The molecule has 0 spiro atoms. The second-order valence-corrected chi connectivity index (χ2v) is 7.14. The lowest BCUT2D eigenvalue weighted by atomic mass is 9.99. The Balaban J connectivity index is 2.22. The molecular weight excluding hydrogens is 434 g/mol. The predicted molar refractivity (Wildman–Crippen MR) is 103 cm³/mol. The summed E-state index contributed by atoms with van der Waals surface area (Å²) in [6, 6.07) is 15.5. The SMILES string of the molecule is C=C(C(=O)OC)C(c1ccccc1Br)n1ccc2cc(Br)ccc21. The highest BCUT2D eigenvalue weighted by Crippen LogP contribution is 2.35. The van der Waals surface area contributed by atoms with Gasteiger partial charge in [-0.2, -0.15) is 0 Å². The number of esters is 1. The van der Waals surface area contributed by atoms with Crippen LogP contribution in [0.3, 0.4) is 0 Å². The molecule has 0 saturated heterocycles. The van der Waals surface area contributed by atoms with Gasteiger partial charge in [0.25, 0.3) is 0 Å². The van der Waals surface area contributed by atoms with Crippen LogP contribution in [0.25, 0.3) is 10.9 Å². The van der Waals surface area contributed by atoms with Gasteiger partial charge in [0.05, 0.1) is 18.7 Å². The maximum atomic E-state index is 12.2. The molecule has 3 aromatic rings. The molecule has 2 aromatic carbocycles. The van der Waals surface area contributed by atoms with Crippen LogP contribution < -0.4 is 0 Å². The fourth-order valence-electron chi connectivity index (χ4n) is 2.81. The van der Waals surface area contributed by atoms with Gasteiger partial charge >= 0.3 is 5.97 Å². The zero-order chi connectivity index (χ0) is 17.3. The number of methoxy groups -OCH3 is 1. The first-order chi connectivity index (χ1) is 11.5. The van der Waals surface area contributed by atoms with Crippen molar-refractivity contribution < 1.29 is 9.53 Å². The number of carbonyl (C=O) groups excluding carboxylic acids is 1. The van der Waals surface area contributed by atoms with Gasteiger partial charge in [-0.05, 0) is 35.9 Å². The van der Waals surface area contributed by atoms with E-state index in [1.54, 1.807) is 0 Å². The molecule has 0 radical (unpaired) electrons. The molecule has 0 amide bonds. The van der Waals surface area contributed by atoms with Crippen LogP contribution >= 0.6 is 31.9 Å². The van der Waals surface area contributed by atoms with Gasteiger partial charge in [0, 0.05) is 26.0 Å². The molecule has 1 atom stereocenters. The molecule has 0 aliphatic rings. The zero-order valence-corrected chi connectivity index (χ0v) is 16.2. The monoisotopic (exact) mass is 447 g/mol. The van der Waals surface area contributed by atoms with Gasteiger partial charge in [0.1, 0.15) is 0 Å². The quantitative estimate of drug-likeness (QED) is 0.390. The molecule has 5 heteroatoms. The van der Waals surface area contributed by atoms with Crippen molar-refractivity contribution >= 4 is 48.7 Å². The van der Waals surface area contributed by atoms with Gasteiger partial charge in [-0.15, -0.1) is 0 Å². The lowest BCUT2D eigenvalue weighted by molar-refractivity contribution is -0.136. The van der Waals surface area contributed by atoms with Crippen LogP contribution in [0.5, 0.6) is 0 Å². The average molecular weight is 449 g/mol. The second-order valence-electron chi connectivity index (χ2n) is 5.37. The number of nitrogens with zero attached hydrogens (tertiary/aromatic N) is 1. The average Bonchev–Trinajstić information content (AvgIpc) is 2.98. The van der Waals surface area contributed by atoms with Gasteiger partial charge in [0.2, 0.25) is 0 Å². The first-order valence-electron chi connectivity index (χ1n) is 7.30. The normalized spacial score (nSPS) is 12.1. The lowest BCUT2D eigenvalue weighted by Crippen LogP contribution is -2.19. The summed E-state index contributed by atoms with van der Waals surface area (Å²) >= 11 is 7.07. The molecule has 1 unspecified atom stereocenters. The van der Waals surface area contributed by atoms with Crippen molar-refractivity contribution in [3.63, 3.8) is 0 Å². The Bertz CT molecular complexity index is 930. The Labute approximate surface area is 157 Å². The second kappa shape index (κ2) is 6.95. The smallest absolute Gasteiger partial charge is 0.335 e. The molecular formula is C19H15Br2NO2. The van der Waals surface area contributed by atoms with E-state index in [0.717, 1.165) is 25.4 Å². The highest BCUT2D eigenvalue weighted by atomic mass is 79.9. The Morgan fingerprint density at radius 3 is 2.62 bits per heavy atom. The summed E-state index contributed by atoms with van der Waals surface area (Å²) in [5.74, 6) is -0.422. The van der Waals surface area contributed by atoms with E-state index in [0.29, 0.717) is 5.57 Å². The number of hydrogen-bond donors (Lipinski definition) is 0. The summed E-state index contributed by atoms with van der Waals surface area (Å²) in [7, 11) is 1.37. The van der Waals surface area contributed by atoms with E-state index < -0.39 is 5.97 Å².